The van der Waals surface area contributed by atoms with Gasteiger partial charge in [0.15, 0.2) is 0 Å². The minimum Gasteiger partial charge on any atom is -0.480 e. The number of aliphatic hydroxyl groups is 1. The molecule has 1 heterocycles. The van der Waals surface area contributed by atoms with E-state index in [2.05, 4.69) is 0 Å². The summed E-state index contributed by atoms with van der Waals surface area (Å²) < 4.78 is 26.0. The van der Waals surface area contributed by atoms with Gasteiger partial charge < -0.3 is 10.2 Å². The van der Waals surface area contributed by atoms with Crippen LogP contribution in [-0.2, 0) is 14.8 Å². The SMILES string of the molecule is Cc1cc(C)cc(S(=O)(=O)N2C[C@H](O)C[C@H]2C(=O)O)c1. The highest BCUT2D eigenvalue weighted by molar-refractivity contribution is 7.89. The van der Waals surface area contributed by atoms with E-state index in [-0.39, 0.29) is 17.9 Å². The highest BCUT2D eigenvalue weighted by Gasteiger charge is 2.43. The molecular weight excluding hydrogens is 282 g/mol. The fraction of sp³-hybridized carbons (Fsp3) is 0.462. The summed E-state index contributed by atoms with van der Waals surface area (Å²) in [4.78, 5) is 11.2. The van der Waals surface area contributed by atoms with Crippen molar-refractivity contribution in [3.8, 4) is 0 Å². The first kappa shape index (κ1) is 15.0. The number of hydrogen-bond donors (Lipinski definition) is 2. The van der Waals surface area contributed by atoms with E-state index in [0.29, 0.717) is 0 Å². The fourth-order valence-corrected chi connectivity index (χ4v) is 4.31. The predicted octanol–water partition coefficient (Wildman–Crippen LogP) is 0.512. The van der Waals surface area contributed by atoms with Crippen LogP contribution in [0.5, 0.6) is 0 Å². The van der Waals surface area contributed by atoms with Gasteiger partial charge in [0.1, 0.15) is 6.04 Å². The first-order valence-corrected chi connectivity index (χ1v) is 7.67. The zero-order chi connectivity index (χ0) is 15.1. The molecular formula is C13H17NO5S. The Morgan fingerprint density at radius 2 is 1.80 bits per heavy atom. The average Bonchev–Trinajstić information content (AvgIpc) is 2.71. The minimum absolute atomic E-state index is 0.0651. The molecule has 1 aliphatic heterocycles. The molecule has 0 amide bonds. The fourth-order valence-electron chi connectivity index (χ4n) is 2.49. The lowest BCUT2D eigenvalue weighted by Crippen LogP contribution is -2.40. The van der Waals surface area contributed by atoms with Crippen molar-refractivity contribution < 1.29 is 23.4 Å². The molecule has 6 nitrogen and oxygen atoms in total. The number of benzene rings is 1. The van der Waals surface area contributed by atoms with Crippen LogP contribution in [0.25, 0.3) is 0 Å². The summed E-state index contributed by atoms with van der Waals surface area (Å²) in [5.41, 5.74) is 1.57. The van der Waals surface area contributed by atoms with Crippen LogP contribution in [0.1, 0.15) is 17.5 Å². The molecule has 0 bridgehead atoms. The number of aryl methyl sites for hydroxylation is 2. The van der Waals surface area contributed by atoms with Gasteiger partial charge in [-0.15, -0.1) is 0 Å². The third kappa shape index (κ3) is 2.70. The van der Waals surface area contributed by atoms with Crippen LogP contribution in [0.2, 0.25) is 0 Å². The predicted molar refractivity (Wildman–Crippen MR) is 71.9 cm³/mol. The molecule has 0 aliphatic carbocycles. The quantitative estimate of drug-likeness (QED) is 0.848. The van der Waals surface area contributed by atoms with Gasteiger partial charge in [0.05, 0.1) is 11.0 Å². The normalized spacial score (nSPS) is 23.9. The Bertz CT molecular complexity index is 620. The second-order valence-electron chi connectivity index (χ2n) is 5.14. The Morgan fingerprint density at radius 1 is 1.25 bits per heavy atom. The highest BCUT2D eigenvalue weighted by atomic mass is 32.2. The number of carboxylic acids is 1. The third-order valence-electron chi connectivity index (χ3n) is 3.32. The van der Waals surface area contributed by atoms with Crippen molar-refractivity contribution in [2.75, 3.05) is 6.54 Å². The Morgan fingerprint density at radius 3 is 2.30 bits per heavy atom. The van der Waals surface area contributed by atoms with Crippen molar-refractivity contribution in [1.82, 2.24) is 4.31 Å². The number of aliphatic carboxylic acids is 1. The first-order chi connectivity index (χ1) is 9.21. The first-order valence-electron chi connectivity index (χ1n) is 6.23. The van der Waals surface area contributed by atoms with E-state index in [0.717, 1.165) is 15.4 Å². The van der Waals surface area contributed by atoms with E-state index >= 15 is 0 Å². The van der Waals surface area contributed by atoms with Crippen LogP contribution < -0.4 is 0 Å². The lowest BCUT2D eigenvalue weighted by Gasteiger charge is -2.21. The molecule has 0 unspecified atom stereocenters. The number of β-amino-alcohol motifs (C(OH)–C–C–N with tert-alkyl or cyclic N) is 1. The van der Waals surface area contributed by atoms with E-state index < -0.39 is 28.1 Å². The monoisotopic (exact) mass is 299 g/mol. The maximum atomic E-state index is 12.6. The molecule has 1 aliphatic rings. The van der Waals surface area contributed by atoms with Crippen molar-refractivity contribution in [3.05, 3.63) is 29.3 Å². The van der Waals surface area contributed by atoms with Gasteiger partial charge in [-0.05, 0) is 37.1 Å². The number of aliphatic hydroxyl groups excluding tert-OH is 1. The van der Waals surface area contributed by atoms with E-state index in [4.69, 9.17) is 5.11 Å². The van der Waals surface area contributed by atoms with Gasteiger partial charge in [0.2, 0.25) is 10.0 Å². The Balaban J connectivity index is 2.46. The number of carbonyl (C=O) groups is 1. The largest absolute Gasteiger partial charge is 0.480 e. The van der Waals surface area contributed by atoms with Crippen LogP contribution in [0.4, 0.5) is 0 Å². The maximum Gasteiger partial charge on any atom is 0.322 e. The molecule has 1 aromatic carbocycles. The molecule has 1 aromatic rings. The highest BCUT2D eigenvalue weighted by Crippen LogP contribution is 2.27. The van der Waals surface area contributed by atoms with Gasteiger partial charge in [-0.1, -0.05) is 6.07 Å². The van der Waals surface area contributed by atoms with E-state index in [1.165, 1.54) is 12.1 Å². The molecule has 2 N–H and O–H groups in total. The Kier molecular flexibility index (Phi) is 3.86. The third-order valence-corrected chi connectivity index (χ3v) is 5.17. The van der Waals surface area contributed by atoms with Crippen LogP contribution >= 0.6 is 0 Å². The van der Waals surface area contributed by atoms with E-state index in [9.17, 15) is 18.3 Å². The number of nitrogens with zero attached hydrogens (tertiary/aromatic N) is 1. The van der Waals surface area contributed by atoms with Crippen LogP contribution in [0.3, 0.4) is 0 Å². The van der Waals surface area contributed by atoms with E-state index in [1.807, 2.05) is 6.07 Å². The summed E-state index contributed by atoms with van der Waals surface area (Å²) in [6.07, 6.45) is -1.03. The van der Waals surface area contributed by atoms with Crippen LogP contribution in [-0.4, -0.2) is 47.6 Å². The van der Waals surface area contributed by atoms with Crippen molar-refractivity contribution in [3.63, 3.8) is 0 Å². The smallest absolute Gasteiger partial charge is 0.322 e. The molecule has 1 fully saturated rings. The summed E-state index contributed by atoms with van der Waals surface area (Å²) in [6, 6.07) is 3.64. The average molecular weight is 299 g/mol. The van der Waals surface area contributed by atoms with Crippen molar-refractivity contribution in [2.24, 2.45) is 0 Å². The molecule has 0 spiro atoms. The van der Waals surface area contributed by atoms with Gasteiger partial charge in [-0.3, -0.25) is 4.79 Å². The van der Waals surface area contributed by atoms with Crippen molar-refractivity contribution in [2.45, 2.75) is 37.3 Å². The molecule has 1 saturated heterocycles. The Labute approximate surface area is 117 Å². The molecule has 110 valence electrons. The number of sulfonamides is 1. The molecule has 20 heavy (non-hydrogen) atoms. The molecule has 7 heteroatoms. The van der Waals surface area contributed by atoms with Gasteiger partial charge in [-0.2, -0.15) is 4.31 Å². The Hall–Kier alpha value is -1.44. The van der Waals surface area contributed by atoms with E-state index in [1.54, 1.807) is 13.8 Å². The molecule has 2 atom stereocenters. The minimum atomic E-state index is -3.92. The topological polar surface area (TPSA) is 94.9 Å². The van der Waals surface area contributed by atoms with Crippen molar-refractivity contribution >= 4 is 16.0 Å². The summed E-state index contributed by atoms with van der Waals surface area (Å²) in [7, 11) is -3.92. The molecule has 0 radical (unpaired) electrons. The summed E-state index contributed by atoms with van der Waals surface area (Å²) in [5, 5.41) is 18.7. The van der Waals surface area contributed by atoms with Crippen LogP contribution in [0, 0.1) is 13.8 Å². The standard InChI is InChI=1S/C13H17NO5S/c1-8-3-9(2)5-11(4-8)20(18,19)14-7-10(15)6-12(14)13(16)17/h3-5,10,12,15H,6-7H2,1-2H3,(H,16,17)/t10-,12+/m1/s1. The van der Waals surface area contributed by atoms with Crippen molar-refractivity contribution in [1.29, 1.82) is 0 Å². The summed E-state index contributed by atoms with van der Waals surface area (Å²) >= 11 is 0. The van der Waals surface area contributed by atoms with Gasteiger partial charge >= 0.3 is 5.97 Å². The second-order valence-corrected chi connectivity index (χ2v) is 7.03. The molecule has 0 aromatic heterocycles. The number of hydrogen-bond acceptors (Lipinski definition) is 4. The number of carboxylic acid groups (broad SMARTS) is 1. The summed E-state index contributed by atoms with van der Waals surface area (Å²) in [5.74, 6) is -1.24. The van der Waals surface area contributed by atoms with Gasteiger partial charge in [0.25, 0.3) is 0 Å². The zero-order valence-corrected chi connectivity index (χ0v) is 12.1. The van der Waals surface area contributed by atoms with Crippen LogP contribution in [0.15, 0.2) is 23.1 Å². The molecule has 0 saturated carbocycles. The summed E-state index contributed by atoms with van der Waals surface area (Å²) in [6.45, 7) is 3.37. The van der Waals surface area contributed by atoms with Gasteiger partial charge in [0, 0.05) is 13.0 Å². The lowest BCUT2D eigenvalue weighted by molar-refractivity contribution is -0.140. The second kappa shape index (κ2) is 5.16. The molecule has 2 rings (SSSR count). The number of rotatable bonds is 3. The maximum absolute atomic E-state index is 12.6. The lowest BCUT2D eigenvalue weighted by atomic mass is 10.2. The zero-order valence-electron chi connectivity index (χ0n) is 11.3. The van der Waals surface area contributed by atoms with Gasteiger partial charge in [-0.25, -0.2) is 8.42 Å².